The molecule has 0 saturated heterocycles. The largest absolute Gasteiger partial charge is 0.486 e. The molecule has 7 heteroatoms. The van der Waals surface area contributed by atoms with Crippen LogP contribution in [-0.4, -0.2) is 30.1 Å². The van der Waals surface area contributed by atoms with Gasteiger partial charge in [0.15, 0.2) is 5.78 Å². The van der Waals surface area contributed by atoms with Crippen molar-refractivity contribution >= 4 is 29.1 Å². The number of aliphatic hydroxyl groups excluding tert-OH is 1. The zero-order valence-electron chi connectivity index (χ0n) is 16.7. The lowest BCUT2D eigenvalue weighted by Crippen LogP contribution is -2.53. The summed E-state index contributed by atoms with van der Waals surface area (Å²) in [6, 6.07) is 11.1. The molecule has 30 heavy (non-hydrogen) atoms. The van der Waals surface area contributed by atoms with Gasteiger partial charge >= 0.3 is 6.03 Å². The van der Waals surface area contributed by atoms with Gasteiger partial charge in [0, 0.05) is 12.0 Å². The number of ether oxygens (including phenoxy) is 1. The quantitative estimate of drug-likeness (QED) is 0.625. The van der Waals surface area contributed by atoms with Gasteiger partial charge in [-0.05, 0) is 42.2 Å². The normalized spacial score (nSPS) is 17.1. The van der Waals surface area contributed by atoms with Crippen molar-refractivity contribution in [3.05, 3.63) is 47.0 Å². The summed E-state index contributed by atoms with van der Waals surface area (Å²) in [5.41, 5.74) is 3.16. The van der Waals surface area contributed by atoms with E-state index in [0.29, 0.717) is 16.5 Å². The molecule has 2 amide bonds. The number of carbonyl (C=O) groups excluding carboxylic acids is 2. The van der Waals surface area contributed by atoms with Gasteiger partial charge < -0.3 is 20.5 Å². The Morgan fingerprint density at radius 2 is 1.97 bits per heavy atom. The Kier molecular flexibility index (Phi) is 5.97. The van der Waals surface area contributed by atoms with Gasteiger partial charge in [-0.25, -0.2) is 4.79 Å². The van der Waals surface area contributed by atoms with Gasteiger partial charge in [-0.15, -0.1) is 0 Å². The Morgan fingerprint density at radius 3 is 2.73 bits per heavy atom. The molecule has 0 atom stereocenters. The zero-order valence-corrected chi connectivity index (χ0v) is 17.4. The number of benzene rings is 2. The summed E-state index contributed by atoms with van der Waals surface area (Å²) in [5.74, 6) is 0.424. The number of hydrogen-bond donors (Lipinski definition) is 3. The minimum Gasteiger partial charge on any atom is -0.486 e. The molecule has 1 saturated carbocycles. The van der Waals surface area contributed by atoms with E-state index in [1.807, 2.05) is 24.3 Å². The highest BCUT2D eigenvalue weighted by molar-refractivity contribution is 6.34. The van der Waals surface area contributed by atoms with Crippen LogP contribution in [0.5, 0.6) is 5.75 Å². The van der Waals surface area contributed by atoms with E-state index in [1.165, 1.54) is 0 Å². The fourth-order valence-electron chi connectivity index (χ4n) is 4.51. The van der Waals surface area contributed by atoms with Crippen molar-refractivity contribution in [1.82, 2.24) is 5.32 Å². The Balaban J connectivity index is 1.74. The molecule has 0 bridgehead atoms. The number of halogens is 1. The van der Waals surface area contributed by atoms with Crippen LogP contribution in [0.25, 0.3) is 11.1 Å². The van der Waals surface area contributed by atoms with Gasteiger partial charge in [0.1, 0.15) is 12.4 Å². The third-order valence-electron chi connectivity index (χ3n) is 5.87. The molecule has 0 radical (unpaired) electrons. The molecule has 158 valence electrons. The van der Waals surface area contributed by atoms with Crippen molar-refractivity contribution in [2.45, 2.75) is 44.1 Å². The van der Waals surface area contributed by atoms with E-state index in [-0.39, 0.29) is 31.4 Å². The molecule has 2 aliphatic rings. The Hall–Kier alpha value is -2.57. The number of carbonyl (C=O) groups is 2. The molecule has 1 spiro atoms. The lowest BCUT2D eigenvalue weighted by molar-refractivity contribution is -0.121. The first-order chi connectivity index (χ1) is 14.5. The fraction of sp³-hybridized carbons (Fsp3) is 0.391. The average molecular weight is 429 g/mol. The summed E-state index contributed by atoms with van der Waals surface area (Å²) >= 11 is 6.49. The number of aliphatic hydroxyl groups is 1. The number of urea groups is 1. The molecule has 3 N–H and O–H groups in total. The van der Waals surface area contributed by atoms with E-state index >= 15 is 0 Å². The van der Waals surface area contributed by atoms with Crippen LogP contribution in [0.3, 0.4) is 0 Å². The molecular formula is C23H25ClN2O4. The monoisotopic (exact) mass is 428 g/mol. The number of amides is 2. The SMILES string of the molecule is O=C(CCO)COc1cccc(-c2ccc(Cl)c3c2C2(CCCCC2)NC(=O)N3)c1. The molecular weight excluding hydrogens is 404 g/mol. The molecule has 0 unspecified atom stereocenters. The highest BCUT2D eigenvalue weighted by Gasteiger charge is 2.43. The Bertz CT molecular complexity index is 970. The second-order valence-electron chi connectivity index (χ2n) is 7.90. The number of anilines is 1. The van der Waals surface area contributed by atoms with Crippen molar-refractivity contribution in [3.63, 3.8) is 0 Å². The summed E-state index contributed by atoms with van der Waals surface area (Å²) in [5, 5.41) is 15.5. The van der Waals surface area contributed by atoms with E-state index in [2.05, 4.69) is 10.6 Å². The van der Waals surface area contributed by atoms with Crippen LogP contribution in [0.4, 0.5) is 10.5 Å². The third-order valence-corrected chi connectivity index (χ3v) is 6.18. The Morgan fingerprint density at radius 1 is 1.17 bits per heavy atom. The van der Waals surface area contributed by atoms with Crippen molar-refractivity contribution in [3.8, 4) is 16.9 Å². The number of hydrogen-bond acceptors (Lipinski definition) is 4. The second kappa shape index (κ2) is 8.66. The predicted molar refractivity (Wildman–Crippen MR) is 116 cm³/mol. The molecule has 2 aromatic rings. The summed E-state index contributed by atoms with van der Waals surface area (Å²) in [6.07, 6.45) is 5.06. The number of rotatable bonds is 6. The average Bonchev–Trinajstić information content (AvgIpc) is 2.74. The molecule has 1 aliphatic carbocycles. The topological polar surface area (TPSA) is 87.7 Å². The smallest absolute Gasteiger partial charge is 0.319 e. The van der Waals surface area contributed by atoms with E-state index in [9.17, 15) is 9.59 Å². The molecule has 1 heterocycles. The van der Waals surface area contributed by atoms with E-state index < -0.39 is 5.54 Å². The van der Waals surface area contributed by atoms with Crippen LogP contribution < -0.4 is 15.4 Å². The van der Waals surface area contributed by atoms with Crippen LogP contribution in [0.15, 0.2) is 36.4 Å². The van der Waals surface area contributed by atoms with Crippen LogP contribution in [0.1, 0.15) is 44.1 Å². The molecule has 0 aromatic heterocycles. The van der Waals surface area contributed by atoms with Crippen LogP contribution >= 0.6 is 11.6 Å². The standard InChI is InChI=1S/C23H25ClN2O4/c24-19-8-7-18(15-5-4-6-17(13-15)30-14-16(28)9-12-27)20-21(19)25-22(29)26-23(20)10-2-1-3-11-23/h4-8,13,27H,1-3,9-12,14H2,(H2,25,26,29). The second-order valence-corrected chi connectivity index (χ2v) is 8.30. The Labute approximate surface area is 180 Å². The molecule has 1 aliphatic heterocycles. The highest BCUT2D eigenvalue weighted by atomic mass is 35.5. The predicted octanol–water partition coefficient (Wildman–Crippen LogP) is 4.63. The first-order valence-corrected chi connectivity index (χ1v) is 10.7. The minimum absolute atomic E-state index is 0.0791. The van der Waals surface area contributed by atoms with Crippen LogP contribution in [0, 0.1) is 0 Å². The van der Waals surface area contributed by atoms with Crippen LogP contribution in [0.2, 0.25) is 5.02 Å². The first kappa shape index (κ1) is 20.7. The maximum Gasteiger partial charge on any atom is 0.319 e. The zero-order chi connectivity index (χ0) is 21.1. The maximum atomic E-state index is 12.4. The number of Topliss-reactive ketones (excluding diaryl/α,β-unsaturated/α-hetero) is 1. The van der Waals surface area contributed by atoms with Crippen molar-refractivity contribution < 1.29 is 19.4 Å². The van der Waals surface area contributed by atoms with E-state index in [1.54, 1.807) is 12.1 Å². The van der Waals surface area contributed by atoms with Crippen LogP contribution in [-0.2, 0) is 10.3 Å². The van der Waals surface area contributed by atoms with E-state index in [0.717, 1.165) is 48.8 Å². The van der Waals surface area contributed by atoms with Gasteiger partial charge in [0.25, 0.3) is 0 Å². The van der Waals surface area contributed by atoms with Crippen molar-refractivity contribution in [1.29, 1.82) is 0 Å². The van der Waals surface area contributed by atoms with Gasteiger partial charge in [-0.3, -0.25) is 4.79 Å². The summed E-state index contributed by atoms with van der Waals surface area (Å²) in [6.45, 7) is -0.260. The number of fused-ring (bicyclic) bond motifs is 2. The number of ketones is 1. The van der Waals surface area contributed by atoms with Crippen molar-refractivity contribution in [2.75, 3.05) is 18.5 Å². The third kappa shape index (κ3) is 4.02. The van der Waals surface area contributed by atoms with Gasteiger partial charge in [0.2, 0.25) is 0 Å². The van der Waals surface area contributed by atoms with Gasteiger partial charge in [0.05, 0.1) is 22.9 Å². The highest BCUT2D eigenvalue weighted by Crippen LogP contribution is 2.49. The fourth-order valence-corrected chi connectivity index (χ4v) is 4.71. The summed E-state index contributed by atoms with van der Waals surface area (Å²) in [4.78, 5) is 24.1. The first-order valence-electron chi connectivity index (χ1n) is 10.3. The van der Waals surface area contributed by atoms with E-state index in [4.69, 9.17) is 21.4 Å². The molecule has 6 nitrogen and oxygen atoms in total. The molecule has 1 fully saturated rings. The summed E-state index contributed by atoms with van der Waals surface area (Å²) < 4.78 is 5.63. The van der Waals surface area contributed by atoms with Gasteiger partial charge in [-0.1, -0.05) is 49.1 Å². The maximum absolute atomic E-state index is 12.4. The molecule has 4 rings (SSSR count). The minimum atomic E-state index is -0.440. The lowest BCUT2D eigenvalue weighted by Gasteiger charge is -2.44. The van der Waals surface area contributed by atoms with Gasteiger partial charge in [-0.2, -0.15) is 0 Å². The summed E-state index contributed by atoms with van der Waals surface area (Å²) in [7, 11) is 0. The molecule has 2 aromatic carbocycles. The van der Waals surface area contributed by atoms with Crippen molar-refractivity contribution in [2.24, 2.45) is 0 Å². The lowest BCUT2D eigenvalue weighted by atomic mass is 9.72. The number of nitrogens with one attached hydrogen (secondary N) is 2.